The van der Waals surface area contributed by atoms with Gasteiger partial charge in [-0.25, -0.2) is 0 Å². The van der Waals surface area contributed by atoms with Gasteiger partial charge in [0.25, 0.3) is 0 Å². The minimum absolute atomic E-state index is 0.967. The quantitative estimate of drug-likeness (QED) is 0.736. The van der Waals surface area contributed by atoms with E-state index in [0.717, 1.165) is 12.3 Å². The number of nitrogens with zero attached hydrogens (tertiary/aromatic N) is 1. The lowest BCUT2D eigenvalue weighted by Crippen LogP contribution is -2.23. The second-order valence-electron chi connectivity index (χ2n) is 4.03. The lowest BCUT2D eigenvalue weighted by molar-refractivity contribution is 0.414. The molecular formula is C13H19NO. The molecule has 0 saturated carbocycles. The Bertz CT molecular complexity index is 335. The number of benzene rings is 1. The molecule has 0 unspecified atom stereocenters. The van der Waals surface area contributed by atoms with Crippen molar-refractivity contribution in [3.05, 3.63) is 23.8 Å². The molecule has 15 heavy (non-hydrogen) atoms. The Hall–Kier alpha value is -1.18. The zero-order chi connectivity index (χ0) is 10.7. The highest BCUT2D eigenvalue weighted by molar-refractivity contribution is 5.57. The van der Waals surface area contributed by atoms with Gasteiger partial charge in [0, 0.05) is 24.8 Å². The van der Waals surface area contributed by atoms with Crippen LogP contribution in [0.4, 0.5) is 5.69 Å². The highest BCUT2D eigenvalue weighted by Crippen LogP contribution is 2.29. The van der Waals surface area contributed by atoms with Crippen LogP contribution in [-0.4, -0.2) is 20.2 Å². The average molecular weight is 205 g/mol. The number of ether oxygens (including phenoxy) is 1. The predicted octanol–water partition coefficient (Wildman–Crippen LogP) is 2.86. The average Bonchev–Trinajstić information content (AvgIpc) is 2.49. The SMILES string of the molecule is CCN1CCCCc2ccc(OC)cc21. The lowest BCUT2D eigenvalue weighted by Gasteiger charge is -2.23. The van der Waals surface area contributed by atoms with Crippen molar-refractivity contribution in [2.24, 2.45) is 0 Å². The zero-order valence-corrected chi connectivity index (χ0v) is 9.62. The fourth-order valence-electron chi connectivity index (χ4n) is 2.24. The van der Waals surface area contributed by atoms with Gasteiger partial charge < -0.3 is 9.64 Å². The maximum Gasteiger partial charge on any atom is 0.120 e. The topological polar surface area (TPSA) is 12.5 Å². The van der Waals surface area contributed by atoms with Crippen LogP contribution in [0.25, 0.3) is 0 Å². The first kappa shape index (κ1) is 10.3. The molecule has 1 heterocycles. The van der Waals surface area contributed by atoms with Gasteiger partial charge in [0.2, 0.25) is 0 Å². The third-order valence-electron chi connectivity index (χ3n) is 3.14. The van der Waals surface area contributed by atoms with Crippen LogP contribution in [0.5, 0.6) is 5.75 Å². The Labute approximate surface area is 91.9 Å². The normalized spacial score (nSPS) is 15.7. The van der Waals surface area contributed by atoms with Gasteiger partial charge in [-0.1, -0.05) is 6.07 Å². The fraction of sp³-hybridized carbons (Fsp3) is 0.538. The molecule has 2 heteroatoms. The molecule has 0 aromatic heterocycles. The molecule has 0 fully saturated rings. The number of hydrogen-bond acceptors (Lipinski definition) is 2. The number of hydrogen-bond donors (Lipinski definition) is 0. The van der Waals surface area contributed by atoms with Gasteiger partial charge in [0.1, 0.15) is 5.75 Å². The highest BCUT2D eigenvalue weighted by Gasteiger charge is 2.14. The maximum atomic E-state index is 5.29. The molecule has 0 amide bonds. The summed E-state index contributed by atoms with van der Waals surface area (Å²) in [5.41, 5.74) is 2.84. The van der Waals surface area contributed by atoms with E-state index in [-0.39, 0.29) is 0 Å². The van der Waals surface area contributed by atoms with E-state index in [1.54, 1.807) is 7.11 Å². The largest absolute Gasteiger partial charge is 0.497 e. The van der Waals surface area contributed by atoms with Gasteiger partial charge in [-0.2, -0.15) is 0 Å². The van der Waals surface area contributed by atoms with E-state index in [1.165, 1.54) is 37.1 Å². The monoisotopic (exact) mass is 205 g/mol. The van der Waals surface area contributed by atoms with Crippen molar-refractivity contribution in [1.82, 2.24) is 0 Å². The van der Waals surface area contributed by atoms with Crippen molar-refractivity contribution in [2.45, 2.75) is 26.2 Å². The summed E-state index contributed by atoms with van der Waals surface area (Å²) in [6, 6.07) is 6.45. The number of fused-ring (bicyclic) bond motifs is 1. The Morgan fingerprint density at radius 3 is 2.93 bits per heavy atom. The number of aryl methyl sites for hydroxylation is 1. The first-order valence-corrected chi connectivity index (χ1v) is 5.77. The molecule has 82 valence electrons. The van der Waals surface area contributed by atoms with Crippen LogP contribution in [0.15, 0.2) is 18.2 Å². The van der Waals surface area contributed by atoms with E-state index >= 15 is 0 Å². The van der Waals surface area contributed by atoms with Crippen LogP contribution in [0.3, 0.4) is 0 Å². The fourth-order valence-corrected chi connectivity index (χ4v) is 2.24. The van der Waals surface area contributed by atoms with Crippen LogP contribution in [0, 0.1) is 0 Å². The minimum Gasteiger partial charge on any atom is -0.497 e. The minimum atomic E-state index is 0.967. The molecule has 0 spiro atoms. The Kier molecular flexibility index (Phi) is 3.14. The summed E-state index contributed by atoms with van der Waals surface area (Å²) in [7, 11) is 1.73. The van der Waals surface area contributed by atoms with Gasteiger partial charge in [0.15, 0.2) is 0 Å². The van der Waals surface area contributed by atoms with Crippen molar-refractivity contribution in [1.29, 1.82) is 0 Å². The summed E-state index contributed by atoms with van der Waals surface area (Å²) in [5, 5.41) is 0. The van der Waals surface area contributed by atoms with E-state index in [4.69, 9.17) is 4.74 Å². The summed E-state index contributed by atoms with van der Waals surface area (Å²) in [4.78, 5) is 2.45. The summed E-state index contributed by atoms with van der Waals surface area (Å²) in [6.45, 7) is 4.48. The summed E-state index contributed by atoms with van der Waals surface area (Å²) >= 11 is 0. The second kappa shape index (κ2) is 4.56. The molecule has 0 bridgehead atoms. The van der Waals surface area contributed by atoms with E-state index in [1.807, 2.05) is 0 Å². The number of methoxy groups -OCH3 is 1. The van der Waals surface area contributed by atoms with E-state index in [9.17, 15) is 0 Å². The van der Waals surface area contributed by atoms with Crippen LogP contribution in [-0.2, 0) is 6.42 Å². The van der Waals surface area contributed by atoms with Gasteiger partial charge >= 0.3 is 0 Å². The van der Waals surface area contributed by atoms with Crippen LogP contribution in [0.1, 0.15) is 25.3 Å². The van der Waals surface area contributed by atoms with Crippen molar-refractivity contribution in [2.75, 3.05) is 25.1 Å². The number of rotatable bonds is 2. The van der Waals surface area contributed by atoms with Gasteiger partial charge in [-0.15, -0.1) is 0 Å². The second-order valence-corrected chi connectivity index (χ2v) is 4.03. The lowest BCUT2D eigenvalue weighted by atomic mass is 10.1. The van der Waals surface area contributed by atoms with E-state index in [0.29, 0.717) is 0 Å². The highest BCUT2D eigenvalue weighted by atomic mass is 16.5. The first-order chi connectivity index (χ1) is 7.35. The Balaban J connectivity index is 2.38. The van der Waals surface area contributed by atoms with Crippen molar-refractivity contribution in [3.8, 4) is 5.75 Å². The third kappa shape index (κ3) is 2.09. The molecule has 1 aromatic carbocycles. The Morgan fingerprint density at radius 1 is 1.33 bits per heavy atom. The van der Waals surface area contributed by atoms with E-state index < -0.39 is 0 Å². The molecule has 1 aromatic rings. The first-order valence-electron chi connectivity index (χ1n) is 5.77. The molecule has 0 radical (unpaired) electrons. The van der Waals surface area contributed by atoms with Crippen molar-refractivity contribution >= 4 is 5.69 Å². The van der Waals surface area contributed by atoms with Crippen LogP contribution < -0.4 is 9.64 Å². The van der Waals surface area contributed by atoms with Crippen molar-refractivity contribution < 1.29 is 4.74 Å². The molecule has 2 rings (SSSR count). The van der Waals surface area contributed by atoms with Crippen molar-refractivity contribution in [3.63, 3.8) is 0 Å². The van der Waals surface area contributed by atoms with E-state index in [2.05, 4.69) is 30.0 Å². The maximum absolute atomic E-state index is 5.29. The Morgan fingerprint density at radius 2 is 2.20 bits per heavy atom. The van der Waals surface area contributed by atoms with Gasteiger partial charge in [-0.05, 0) is 37.8 Å². The molecule has 0 aliphatic carbocycles. The zero-order valence-electron chi connectivity index (χ0n) is 9.62. The molecule has 1 aliphatic rings. The molecule has 2 nitrogen and oxygen atoms in total. The third-order valence-corrected chi connectivity index (χ3v) is 3.14. The number of anilines is 1. The molecule has 1 aliphatic heterocycles. The standard InChI is InChI=1S/C13H19NO/c1-3-14-9-5-4-6-11-7-8-12(15-2)10-13(11)14/h7-8,10H,3-6,9H2,1-2H3. The molecule has 0 N–H and O–H groups in total. The van der Waals surface area contributed by atoms with Crippen LogP contribution >= 0.6 is 0 Å². The van der Waals surface area contributed by atoms with Crippen LogP contribution in [0.2, 0.25) is 0 Å². The predicted molar refractivity (Wildman–Crippen MR) is 63.8 cm³/mol. The molecule has 0 atom stereocenters. The summed E-state index contributed by atoms with van der Waals surface area (Å²) in [6.07, 6.45) is 3.80. The molecule has 0 saturated heterocycles. The summed E-state index contributed by atoms with van der Waals surface area (Å²) in [5.74, 6) is 0.967. The van der Waals surface area contributed by atoms with Gasteiger partial charge in [0.05, 0.1) is 7.11 Å². The smallest absolute Gasteiger partial charge is 0.120 e. The molecular weight excluding hydrogens is 186 g/mol. The van der Waals surface area contributed by atoms with Gasteiger partial charge in [-0.3, -0.25) is 0 Å². The summed E-state index contributed by atoms with van der Waals surface area (Å²) < 4.78 is 5.29.